The van der Waals surface area contributed by atoms with Crippen molar-refractivity contribution >= 4 is 21.6 Å². The van der Waals surface area contributed by atoms with Gasteiger partial charge < -0.3 is 4.90 Å². The van der Waals surface area contributed by atoms with Crippen molar-refractivity contribution in [3.8, 4) is 0 Å². The smallest absolute Gasteiger partial charge is 0.254 e. The van der Waals surface area contributed by atoms with E-state index in [0.717, 1.165) is 24.7 Å². The second-order valence-corrected chi connectivity index (χ2v) is 8.58. The zero-order chi connectivity index (χ0) is 17.4. The number of carbonyl (C=O) groups is 1. The van der Waals surface area contributed by atoms with E-state index in [1.807, 2.05) is 11.8 Å². The fraction of sp³-hybridized carbons (Fsp3) is 0.588. The monoisotopic (exact) mass is 338 g/mol. The number of carbonyl (C=O) groups excluding carboxylic acids is 1. The van der Waals surface area contributed by atoms with Crippen molar-refractivity contribution in [1.82, 2.24) is 4.90 Å². The van der Waals surface area contributed by atoms with Gasteiger partial charge in [0.15, 0.2) is 0 Å². The highest BCUT2D eigenvalue weighted by molar-refractivity contribution is 7.92. The lowest BCUT2D eigenvalue weighted by Crippen LogP contribution is -2.43. The van der Waals surface area contributed by atoms with E-state index in [4.69, 9.17) is 0 Å². The lowest BCUT2D eigenvalue weighted by Gasteiger charge is -2.32. The maximum absolute atomic E-state index is 13.0. The van der Waals surface area contributed by atoms with Crippen molar-refractivity contribution in [2.24, 2.45) is 5.92 Å². The Labute approximate surface area is 139 Å². The molecule has 0 spiro atoms. The van der Waals surface area contributed by atoms with Gasteiger partial charge in [-0.3, -0.25) is 9.52 Å². The van der Waals surface area contributed by atoms with Gasteiger partial charge in [0.05, 0.1) is 11.9 Å². The minimum absolute atomic E-state index is 0.0229. The standard InChI is InChI=1S/C17H26N2O3S/c1-11(2)13(4)19(15-8-9-15)17(20)14-7-6-12(3)16(10-14)18-23(5,21)22/h6-7,10-11,13,15,18H,8-9H2,1-5H3/t13-/m0/s1. The molecule has 0 heterocycles. The second-order valence-electron chi connectivity index (χ2n) is 6.83. The Morgan fingerprint density at radius 1 is 1.26 bits per heavy atom. The summed E-state index contributed by atoms with van der Waals surface area (Å²) in [4.78, 5) is 14.9. The van der Waals surface area contributed by atoms with E-state index in [9.17, 15) is 13.2 Å². The van der Waals surface area contributed by atoms with Gasteiger partial charge in [-0.1, -0.05) is 19.9 Å². The molecule has 1 aliphatic carbocycles. The van der Waals surface area contributed by atoms with Crippen LogP contribution in [-0.4, -0.2) is 37.6 Å². The summed E-state index contributed by atoms with van der Waals surface area (Å²) in [5, 5.41) is 0. The van der Waals surface area contributed by atoms with Crippen LogP contribution < -0.4 is 4.72 Å². The van der Waals surface area contributed by atoms with E-state index in [1.54, 1.807) is 18.2 Å². The highest BCUT2D eigenvalue weighted by atomic mass is 32.2. The quantitative estimate of drug-likeness (QED) is 0.867. The molecule has 6 heteroatoms. The minimum atomic E-state index is -3.37. The lowest BCUT2D eigenvalue weighted by molar-refractivity contribution is 0.0628. The first-order valence-corrected chi connectivity index (χ1v) is 9.90. The number of hydrogen-bond acceptors (Lipinski definition) is 3. The SMILES string of the molecule is Cc1ccc(C(=O)N(C2CC2)[C@@H](C)C(C)C)cc1NS(C)(=O)=O. The number of rotatable bonds is 6. The first-order chi connectivity index (χ1) is 10.6. The maximum Gasteiger partial charge on any atom is 0.254 e. The second kappa shape index (κ2) is 6.51. The van der Waals surface area contributed by atoms with Crippen molar-refractivity contribution in [1.29, 1.82) is 0 Å². The summed E-state index contributed by atoms with van der Waals surface area (Å²) in [6.45, 7) is 8.11. The minimum Gasteiger partial charge on any atom is -0.333 e. The molecule has 1 aliphatic rings. The molecule has 1 aromatic rings. The summed E-state index contributed by atoms with van der Waals surface area (Å²) in [6, 6.07) is 5.66. The summed E-state index contributed by atoms with van der Waals surface area (Å²) < 4.78 is 25.4. The Morgan fingerprint density at radius 3 is 2.35 bits per heavy atom. The van der Waals surface area contributed by atoms with E-state index in [2.05, 4.69) is 25.5 Å². The molecular formula is C17H26N2O3S. The molecule has 1 atom stereocenters. The molecule has 1 N–H and O–H groups in total. The highest BCUT2D eigenvalue weighted by Gasteiger charge is 2.37. The normalized spacial score (nSPS) is 16.3. The van der Waals surface area contributed by atoms with Crippen molar-refractivity contribution in [3.05, 3.63) is 29.3 Å². The van der Waals surface area contributed by atoms with Crippen LogP contribution in [0.5, 0.6) is 0 Å². The van der Waals surface area contributed by atoms with Crippen LogP contribution in [0.1, 0.15) is 49.5 Å². The van der Waals surface area contributed by atoms with Crippen molar-refractivity contribution in [2.75, 3.05) is 11.0 Å². The molecule has 0 radical (unpaired) electrons. The molecule has 23 heavy (non-hydrogen) atoms. The summed E-state index contributed by atoms with van der Waals surface area (Å²) in [6.07, 6.45) is 3.20. The summed E-state index contributed by atoms with van der Waals surface area (Å²) >= 11 is 0. The number of aryl methyl sites for hydroxylation is 1. The fourth-order valence-corrected chi connectivity index (χ4v) is 3.19. The van der Waals surface area contributed by atoms with E-state index in [0.29, 0.717) is 23.2 Å². The number of amides is 1. The molecule has 1 amide bonds. The van der Waals surface area contributed by atoms with Gasteiger partial charge in [0.2, 0.25) is 10.0 Å². The van der Waals surface area contributed by atoms with E-state index in [-0.39, 0.29) is 11.9 Å². The van der Waals surface area contributed by atoms with Gasteiger partial charge in [-0.25, -0.2) is 8.42 Å². The van der Waals surface area contributed by atoms with Gasteiger partial charge in [0.25, 0.3) is 5.91 Å². The lowest BCUT2D eigenvalue weighted by atomic mass is 10.0. The molecule has 0 aromatic heterocycles. The average molecular weight is 338 g/mol. The largest absolute Gasteiger partial charge is 0.333 e. The predicted octanol–water partition coefficient (Wildman–Crippen LogP) is 3.02. The zero-order valence-corrected chi connectivity index (χ0v) is 15.3. The van der Waals surface area contributed by atoms with Gasteiger partial charge in [-0.15, -0.1) is 0 Å². The van der Waals surface area contributed by atoms with Gasteiger partial charge in [0, 0.05) is 17.6 Å². The predicted molar refractivity (Wildman–Crippen MR) is 93.1 cm³/mol. The van der Waals surface area contributed by atoms with Crippen molar-refractivity contribution < 1.29 is 13.2 Å². The highest BCUT2D eigenvalue weighted by Crippen LogP contribution is 2.32. The zero-order valence-electron chi connectivity index (χ0n) is 14.5. The topological polar surface area (TPSA) is 66.5 Å². The Morgan fingerprint density at radius 2 is 1.87 bits per heavy atom. The average Bonchev–Trinajstić information content (AvgIpc) is 3.24. The molecule has 0 saturated heterocycles. The summed E-state index contributed by atoms with van der Waals surface area (Å²) in [5.41, 5.74) is 1.79. The summed E-state index contributed by atoms with van der Waals surface area (Å²) in [5.74, 6) is 0.351. The third-order valence-electron chi connectivity index (χ3n) is 4.36. The van der Waals surface area contributed by atoms with Gasteiger partial charge in [0.1, 0.15) is 0 Å². The van der Waals surface area contributed by atoms with E-state index in [1.165, 1.54) is 0 Å². The molecule has 1 saturated carbocycles. The van der Waals surface area contributed by atoms with Crippen LogP contribution in [0.2, 0.25) is 0 Å². The Balaban J connectivity index is 2.32. The molecule has 1 aromatic carbocycles. The van der Waals surface area contributed by atoms with Crippen LogP contribution in [-0.2, 0) is 10.0 Å². The molecule has 0 unspecified atom stereocenters. The number of sulfonamides is 1. The Kier molecular flexibility index (Phi) is 5.04. The molecule has 2 rings (SSSR count). The first-order valence-electron chi connectivity index (χ1n) is 8.01. The first kappa shape index (κ1) is 17.8. The van der Waals surface area contributed by atoms with Crippen LogP contribution >= 0.6 is 0 Å². The van der Waals surface area contributed by atoms with Crippen LogP contribution in [0.25, 0.3) is 0 Å². The van der Waals surface area contributed by atoms with Gasteiger partial charge in [-0.2, -0.15) is 0 Å². The number of anilines is 1. The number of hydrogen-bond donors (Lipinski definition) is 1. The number of nitrogens with zero attached hydrogens (tertiary/aromatic N) is 1. The third kappa shape index (κ3) is 4.47. The molecular weight excluding hydrogens is 312 g/mol. The van der Waals surface area contributed by atoms with Crippen LogP contribution in [0.15, 0.2) is 18.2 Å². The molecule has 128 valence electrons. The maximum atomic E-state index is 13.0. The van der Waals surface area contributed by atoms with Gasteiger partial charge >= 0.3 is 0 Å². The molecule has 0 bridgehead atoms. The van der Waals surface area contributed by atoms with Crippen LogP contribution in [0.3, 0.4) is 0 Å². The van der Waals surface area contributed by atoms with E-state index < -0.39 is 10.0 Å². The van der Waals surface area contributed by atoms with Crippen LogP contribution in [0.4, 0.5) is 5.69 Å². The Hall–Kier alpha value is -1.56. The number of benzene rings is 1. The third-order valence-corrected chi connectivity index (χ3v) is 4.95. The van der Waals surface area contributed by atoms with Gasteiger partial charge in [-0.05, 0) is 50.3 Å². The molecule has 0 aliphatic heterocycles. The fourth-order valence-electron chi connectivity index (χ4n) is 2.57. The molecule has 1 fully saturated rings. The number of nitrogens with one attached hydrogen (secondary N) is 1. The van der Waals surface area contributed by atoms with Crippen molar-refractivity contribution in [3.63, 3.8) is 0 Å². The Bertz CT molecular complexity index is 694. The van der Waals surface area contributed by atoms with E-state index >= 15 is 0 Å². The summed E-state index contributed by atoms with van der Waals surface area (Å²) in [7, 11) is -3.37. The van der Waals surface area contributed by atoms with Crippen molar-refractivity contribution in [2.45, 2.75) is 52.6 Å². The molecule has 5 nitrogen and oxygen atoms in total. The van der Waals surface area contributed by atoms with Crippen LogP contribution in [0, 0.1) is 12.8 Å².